The third kappa shape index (κ3) is 2.41. The Balaban J connectivity index is 2.34. The molecule has 0 unspecified atom stereocenters. The Bertz CT molecular complexity index is 488. The Kier molecular flexibility index (Phi) is 4.39. The van der Waals surface area contributed by atoms with Crippen LogP contribution in [-0.2, 0) is 19.9 Å². The van der Waals surface area contributed by atoms with E-state index in [1.165, 1.54) is 7.11 Å². The summed E-state index contributed by atoms with van der Waals surface area (Å²) in [6.07, 6.45) is 0.643. The number of piperidine rings is 1. The number of benzene rings is 1. The summed E-state index contributed by atoms with van der Waals surface area (Å²) in [5.74, 6) is -0.351. The van der Waals surface area contributed by atoms with Crippen LogP contribution in [-0.4, -0.2) is 37.2 Å². The Labute approximate surface area is 118 Å². The fraction of sp³-hybridized carbons (Fsp3) is 0.467. The van der Waals surface area contributed by atoms with Crippen molar-refractivity contribution in [1.82, 2.24) is 4.90 Å². The average Bonchev–Trinajstić information content (AvgIpc) is 2.49. The smallest absolute Gasteiger partial charge is 0.416 e. The van der Waals surface area contributed by atoms with E-state index >= 15 is 0 Å². The lowest BCUT2D eigenvalue weighted by Gasteiger charge is -2.39. The first-order chi connectivity index (χ1) is 9.65. The molecule has 0 radical (unpaired) electrons. The fourth-order valence-electron chi connectivity index (χ4n) is 2.57. The summed E-state index contributed by atoms with van der Waals surface area (Å²) in [5.41, 5.74) is -0.326. The molecule has 0 bridgehead atoms. The lowest BCUT2D eigenvalue weighted by atomic mass is 9.84. The quantitative estimate of drug-likeness (QED) is 0.850. The van der Waals surface area contributed by atoms with Gasteiger partial charge in [0.15, 0.2) is 5.60 Å². The highest BCUT2D eigenvalue weighted by atomic mass is 16.6. The van der Waals surface area contributed by atoms with Crippen LogP contribution in [0.3, 0.4) is 0 Å². The topological polar surface area (TPSA) is 55.8 Å². The third-order valence-corrected chi connectivity index (χ3v) is 3.58. The van der Waals surface area contributed by atoms with Gasteiger partial charge in [-0.3, -0.25) is 4.79 Å². The fourth-order valence-corrected chi connectivity index (χ4v) is 2.57. The van der Waals surface area contributed by atoms with Crippen molar-refractivity contribution in [3.8, 4) is 0 Å². The van der Waals surface area contributed by atoms with Crippen LogP contribution in [0.1, 0.15) is 25.3 Å². The van der Waals surface area contributed by atoms with Crippen LogP contribution in [0.4, 0.5) is 4.79 Å². The van der Waals surface area contributed by atoms with Crippen LogP contribution in [0, 0.1) is 0 Å². The van der Waals surface area contributed by atoms with Gasteiger partial charge in [-0.25, -0.2) is 9.69 Å². The Morgan fingerprint density at radius 1 is 1.35 bits per heavy atom. The molecule has 0 spiro atoms. The van der Waals surface area contributed by atoms with Crippen molar-refractivity contribution >= 4 is 12.0 Å². The number of rotatable bonds is 3. The summed E-state index contributed by atoms with van der Waals surface area (Å²) in [5, 5.41) is 0. The number of ether oxygens (including phenoxy) is 2. The van der Waals surface area contributed by atoms with Gasteiger partial charge in [-0.1, -0.05) is 30.3 Å². The predicted octanol–water partition coefficient (Wildman–Crippen LogP) is 2.31. The number of hydrogen-bond donors (Lipinski definition) is 0. The third-order valence-electron chi connectivity index (χ3n) is 3.58. The summed E-state index contributed by atoms with van der Waals surface area (Å²) in [7, 11) is 1.50. The number of nitrogens with zero attached hydrogens (tertiary/aromatic N) is 1. The minimum absolute atomic E-state index is 0.244. The van der Waals surface area contributed by atoms with E-state index in [4.69, 9.17) is 9.47 Å². The van der Waals surface area contributed by atoms with E-state index in [9.17, 15) is 9.59 Å². The van der Waals surface area contributed by atoms with E-state index in [2.05, 4.69) is 0 Å². The minimum atomic E-state index is -1.09. The van der Waals surface area contributed by atoms with E-state index < -0.39 is 11.7 Å². The first-order valence-electron chi connectivity index (χ1n) is 6.75. The lowest BCUT2D eigenvalue weighted by Crippen LogP contribution is -2.54. The second-order valence-corrected chi connectivity index (χ2v) is 4.66. The number of likely N-dealkylation sites (tertiary alicyclic amines) is 1. The van der Waals surface area contributed by atoms with Gasteiger partial charge in [-0.2, -0.15) is 0 Å². The number of methoxy groups -OCH3 is 1. The number of carbonyl (C=O) groups is 2. The molecule has 1 aliphatic heterocycles. The SMILES string of the molecule is CCOC(=O)N1CCC[C@](OC)(c2ccccc2)C1=O. The molecule has 1 heterocycles. The molecule has 5 heteroatoms. The minimum Gasteiger partial charge on any atom is -0.449 e. The molecule has 0 aliphatic carbocycles. The van der Waals surface area contributed by atoms with Gasteiger partial charge in [0.25, 0.3) is 5.91 Å². The van der Waals surface area contributed by atoms with Crippen molar-refractivity contribution in [3.63, 3.8) is 0 Å². The molecule has 1 fully saturated rings. The van der Waals surface area contributed by atoms with Crippen LogP contribution >= 0.6 is 0 Å². The summed E-state index contributed by atoms with van der Waals surface area (Å²) in [6, 6.07) is 9.27. The highest BCUT2D eigenvalue weighted by Gasteiger charge is 2.48. The van der Waals surface area contributed by atoms with Crippen molar-refractivity contribution in [1.29, 1.82) is 0 Å². The van der Waals surface area contributed by atoms with Crippen LogP contribution in [0.2, 0.25) is 0 Å². The van der Waals surface area contributed by atoms with Gasteiger partial charge in [-0.05, 0) is 25.3 Å². The summed E-state index contributed by atoms with van der Waals surface area (Å²) >= 11 is 0. The number of amides is 2. The predicted molar refractivity (Wildman–Crippen MR) is 73.1 cm³/mol. The zero-order valence-electron chi connectivity index (χ0n) is 11.8. The maximum absolute atomic E-state index is 12.7. The van der Waals surface area contributed by atoms with Gasteiger partial charge < -0.3 is 9.47 Å². The Morgan fingerprint density at radius 3 is 2.65 bits per heavy atom. The van der Waals surface area contributed by atoms with Gasteiger partial charge in [0.1, 0.15) is 0 Å². The highest BCUT2D eigenvalue weighted by molar-refractivity contribution is 5.98. The van der Waals surface area contributed by atoms with Gasteiger partial charge in [-0.15, -0.1) is 0 Å². The summed E-state index contributed by atoms with van der Waals surface area (Å²) in [4.78, 5) is 25.7. The molecule has 0 aromatic heterocycles. The maximum atomic E-state index is 12.7. The van der Waals surface area contributed by atoms with E-state index in [0.29, 0.717) is 19.4 Å². The van der Waals surface area contributed by atoms with E-state index in [-0.39, 0.29) is 12.5 Å². The van der Waals surface area contributed by atoms with Crippen molar-refractivity contribution in [2.75, 3.05) is 20.3 Å². The van der Waals surface area contributed by atoms with E-state index in [0.717, 1.165) is 10.5 Å². The van der Waals surface area contributed by atoms with Crippen LogP contribution in [0.15, 0.2) is 30.3 Å². The van der Waals surface area contributed by atoms with Gasteiger partial charge in [0, 0.05) is 13.7 Å². The Morgan fingerprint density at radius 2 is 2.05 bits per heavy atom. The molecule has 20 heavy (non-hydrogen) atoms. The lowest BCUT2D eigenvalue weighted by molar-refractivity contribution is -0.160. The van der Waals surface area contributed by atoms with Gasteiger partial charge in [0.2, 0.25) is 0 Å². The summed E-state index contributed by atoms with van der Waals surface area (Å²) in [6.45, 7) is 2.33. The number of imide groups is 1. The number of carbonyl (C=O) groups excluding carboxylic acids is 2. The number of hydrogen-bond acceptors (Lipinski definition) is 4. The van der Waals surface area contributed by atoms with Crippen molar-refractivity contribution in [2.45, 2.75) is 25.4 Å². The molecule has 5 nitrogen and oxygen atoms in total. The molecule has 0 saturated carbocycles. The standard InChI is InChI=1S/C15H19NO4/c1-3-20-14(18)16-11-7-10-15(19-2,13(16)17)12-8-5-4-6-9-12/h4-6,8-9H,3,7,10-11H2,1-2H3/t15-/m0/s1. The zero-order chi connectivity index (χ0) is 14.6. The van der Waals surface area contributed by atoms with Gasteiger partial charge in [0.05, 0.1) is 6.61 Å². The second kappa shape index (κ2) is 6.05. The van der Waals surface area contributed by atoms with Crippen LogP contribution < -0.4 is 0 Å². The molecule has 1 aromatic carbocycles. The first kappa shape index (κ1) is 14.5. The molecular formula is C15H19NO4. The van der Waals surface area contributed by atoms with Gasteiger partial charge >= 0.3 is 6.09 Å². The van der Waals surface area contributed by atoms with Crippen LogP contribution in [0.25, 0.3) is 0 Å². The van der Waals surface area contributed by atoms with Crippen molar-refractivity contribution < 1.29 is 19.1 Å². The van der Waals surface area contributed by atoms with E-state index in [1.54, 1.807) is 6.92 Å². The monoisotopic (exact) mass is 277 g/mol. The average molecular weight is 277 g/mol. The molecular weight excluding hydrogens is 258 g/mol. The van der Waals surface area contributed by atoms with E-state index in [1.807, 2.05) is 30.3 Å². The normalized spacial score (nSPS) is 22.7. The molecule has 108 valence electrons. The van der Waals surface area contributed by atoms with Crippen LogP contribution in [0.5, 0.6) is 0 Å². The molecule has 1 aromatic rings. The second-order valence-electron chi connectivity index (χ2n) is 4.66. The molecule has 1 saturated heterocycles. The largest absolute Gasteiger partial charge is 0.449 e. The first-order valence-corrected chi connectivity index (χ1v) is 6.75. The molecule has 1 atom stereocenters. The van der Waals surface area contributed by atoms with Crippen molar-refractivity contribution in [3.05, 3.63) is 35.9 Å². The molecule has 2 amide bonds. The Hall–Kier alpha value is -1.88. The molecule has 1 aliphatic rings. The zero-order valence-corrected chi connectivity index (χ0v) is 11.8. The maximum Gasteiger partial charge on any atom is 0.416 e. The summed E-state index contributed by atoms with van der Waals surface area (Å²) < 4.78 is 10.5. The highest BCUT2D eigenvalue weighted by Crippen LogP contribution is 2.36. The van der Waals surface area contributed by atoms with Crippen molar-refractivity contribution in [2.24, 2.45) is 0 Å². The molecule has 0 N–H and O–H groups in total. The molecule has 2 rings (SSSR count).